The van der Waals surface area contributed by atoms with Crippen LogP contribution in [0.25, 0.3) is 16.6 Å². The lowest BCUT2D eigenvalue weighted by Gasteiger charge is -2.34. The maximum Gasteiger partial charge on any atom is 0.416 e. The summed E-state index contributed by atoms with van der Waals surface area (Å²) in [6, 6.07) is 8.66. The van der Waals surface area contributed by atoms with Crippen LogP contribution in [0.3, 0.4) is 0 Å². The van der Waals surface area contributed by atoms with Crippen LogP contribution in [0.1, 0.15) is 11.1 Å². The van der Waals surface area contributed by atoms with Crippen molar-refractivity contribution in [3.05, 3.63) is 72.3 Å². The number of aryl methyl sites for hydroxylation is 1. The summed E-state index contributed by atoms with van der Waals surface area (Å²) < 4.78 is 46.9. The number of hydrogen-bond acceptors (Lipinski definition) is 5. The molecule has 1 fully saturated rings. The van der Waals surface area contributed by atoms with Gasteiger partial charge >= 0.3 is 12.3 Å². The molecule has 11 heteroatoms. The maximum absolute atomic E-state index is 12.7. The van der Waals surface area contributed by atoms with Crippen LogP contribution in [-0.2, 0) is 24.6 Å². The van der Waals surface area contributed by atoms with Gasteiger partial charge < -0.3 is 14.5 Å². The number of carbonyl (C=O) groups is 1. The van der Waals surface area contributed by atoms with Crippen molar-refractivity contribution >= 4 is 17.3 Å². The van der Waals surface area contributed by atoms with Crippen molar-refractivity contribution in [3.63, 3.8) is 0 Å². The Morgan fingerprint density at radius 1 is 0.943 bits per heavy atom. The molecule has 0 saturated carbocycles. The lowest BCUT2D eigenvalue weighted by molar-refractivity contribution is -0.137. The Bertz CT molecular complexity index is 1340. The Balaban J connectivity index is 1.17. The van der Waals surface area contributed by atoms with Gasteiger partial charge in [0.15, 0.2) is 0 Å². The minimum atomic E-state index is -4.39. The van der Waals surface area contributed by atoms with Gasteiger partial charge in [-0.1, -0.05) is 18.2 Å². The van der Waals surface area contributed by atoms with Crippen LogP contribution in [0.4, 0.5) is 23.7 Å². The van der Waals surface area contributed by atoms with E-state index in [1.807, 2.05) is 42.3 Å². The molecule has 0 bridgehead atoms. The highest BCUT2D eigenvalue weighted by Gasteiger charge is 2.30. The van der Waals surface area contributed by atoms with Gasteiger partial charge in [-0.15, -0.1) is 0 Å². The average Bonchev–Trinajstić information content (AvgIpc) is 3.48. The van der Waals surface area contributed by atoms with Crippen molar-refractivity contribution in [2.75, 3.05) is 31.1 Å². The molecule has 35 heavy (non-hydrogen) atoms. The summed E-state index contributed by atoms with van der Waals surface area (Å²) in [5, 5.41) is 8.71. The highest BCUT2D eigenvalue weighted by molar-refractivity contribution is 5.76. The Hall–Kier alpha value is -4.02. The Labute approximate surface area is 199 Å². The number of anilines is 1. The van der Waals surface area contributed by atoms with Crippen molar-refractivity contribution in [1.29, 1.82) is 0 Å². The minimum Gasteiger partial charge on any atom is -0.445 e. The van der Waals surface area contributed by atoms with Crippen LogP contribution >= 0.6 is 0 Å². The van der Waals surface area contributed by atoms with E-state index in [1.54, 1.807) is 15.8 Å². The van der Waals surface area contributed by atoms with E-state index in [0.29, 0.717) is 31.7 Å². The van der Waals surface area contributed by atoms with Gasteiger partial charge in [0.05, 0.1) is 29.2 Å². The predicted molar refractivity (Wildman–Crippen MR) is 123 cm³/mol. The largest absolute Gasteiger partial charge is 0.445 e. The first kappa shape index (κ1) is 22.8. The average molecular weight is 484 g/mol. The van der Waals surface area contributed by atoms with Gasteiger partial charge in [0.25, 0.3) is 0 Å². The standard InChI is InChI=1S/C24H23F3N6O2/c1-30-14-19(12-28-30)18-4-7-21-22(13-29-33(21)15-18)31-8-10-32(11-9-31)23(34)35-16-17-2-5-20(6-3-17)24(25,26)27/h2-7,12-15H,8-11,16H2,1H3. The fourth-order valence-corrected chi connectivity index (χ4v) is 4.11. The zero-order valence-corrected chi connectivity index (χ0v) is 18.9. The van der Waals surface area contributed by atoms with E-state index in [1.165, 1.54) is 12.1 Å². The number of benzene rings is 1. The number of pyridine rings is 1. The Morgan fingerprint density at radius 3 is 2.34 bits per heavy atom. The first-order valence-electron chi connectivity index (χ1n) is 11.1. The molecule has 0 unspecified atom stereocenters. The van der Waals surface area contributed by atoms with Crippen molar-refractivity contribution in [3.8, 4) is 11.1 Å². The molecule has 0 N–H and O–H groups in total. The first-order chi connectivity index (χ1) is 16.8. The van der Waals surface area contributed by atoms with Gasteiger partial charge in [-0.3, -0.25) is 4.68 Å². The molecule has 0 radical (unpaired) electrons. The maximum atomic E-state index is 12.7. The summed E-state index contributed by atoms with van der Waals surface area (Å²) in [6.45, 7) is 2.08. The normalized spacial score (nSPS) is 14.5. The van der Waals surface area contributed by atoms with E-state index in [2.05, 4.69) is 15.1 Å². The number of ether oxygens (including phenoxy) is 1. The summed E-state index contributed by atoms with van der Waals surface area (Å²) in [5.74, 6) is 0. The second-order valence-corrected chi connectivity index (χ2v) is 8.40. The molecule has 1 aliphatic rings. The van der Waals surface area contributed by atoms with Crippen LogP contribution in [0.5, 0.6) is 0 Å². The van der Waals surface area contributed by atoms with Gasteiger partial charge in [0.2, 0.25) is 0 Å². The molecule has 0 spiro atoms. The van der Waals surface area contributed by atoms with E-state index < -0.39 is 17.8 Å². The van der Waals surface area contributed by atoms with Crippen LogP contribution in [-0.4, -0.2) is 56.6 Å². The molecular weight excluding hydrogens is 461 g/mol. The fourth-order valence-electron chi connectivity index (χ4n) is 4.11. The van der Waals surface area contributed by atoms with Gasteiger partial charge in [-0.2, -0.15) is 23.4 Å². The summed E-state index contributed by atoms with van der Waals surface area (Å²) >= 11 is 0. The highest BCUT2D eigenvalue weighted by atomic mass is 19.4. The number of fused-ring (bicyclic) bond motifs is 1. The van der Waals surface area contributed by atoms with Crippen molar-refractivity contribution in [1.82, 2.24) is 24.3 Å². The zero-order chi connectivity index (χ0) is 24.6. The SMILES string of the molecule is Cn1cc(-c2ccc3c(N4CCN(C(=O)OCc5ccc(C(F)(F)F)cc5)CC4)cnn3c2)cn1. The van der Waals surface area contributed by atoms with Crippen molar-refractivity contribution < 1.29 is 22.7 Å². The number of nitrogens with zero attached hydrogens (tertiary/aromatic N) is 6. The van der Waals surface area contributed by atoms with E-state index >= 15 is 0 Å². The van der Waals surface area contributed by atoms with E-state index in [-0.39, 0.29) is 6.61 Å². The van der Waals surface area contributed by atoms with Gasteiger partial charge in [0, 0.05) is 56.7 Å². The van der Waals surface area contributed by atoms with Crippen LogP contribution < -0.4 is 4.90 Å². The molecule has 182 valence electrons. The number of carbonyl (C=O) groups excluding carboxylic acids is 1. The number of halogens is 3. The molecule has 1 amide bonds. The third kappa shape index (κ3) is 4.79. The van der Waals surface area contributed by atoms with E-state index in [4.69, 9.17) is 4.74 Å². The first-order valence-corrected chi connectivity index (χ1v) is 11.1. The molecule has 8 nitrogen and oxygen atoms in total. The fraction of sp³-hybridized carbons (Fsp3) is 0.292. The lowest BCUT2D eigenvalue weighted by Crippen LogP contribution is -2.48. The number of amides is 1. The molecule has 1 aromatic carbocycles. The van der Waals surface area contributed by atoms with Crippen molar-refractivity contribution in [2.24, 2.45) is 7.05 Å². The summed E-state index contributed by atoms with van der Waals surface area (Å²) in [5.41, 5.74) is 3.75. The second-order valence-electron chi connectivity index (χ2n) is 8.40. The summed E-state index contributed by atoms with van der Waals surface area (Å²) in [7, 11) is 1.87. The highest BCUT2D eigenvalue weighted by Crippen LogP contribution is 2.29. The molecule has 3 aromatic heterocycles. The number of aromatic nitrogens is 4. The number of rotatable bonds is 4. The third-order valence-corrected chi connectivity index (χ3v) is 6.06. The Kier molecular flexibility index (Phi) is 5.83. The number of alkyl halides is 3. The number of hydrogen-bond donors (Lipinski definition) is 0. The van der Waals surface area contributed by atoms with E-state index in [0.717, 1.165) is 34.5 Å². The zero-order valence-electron chi connectivity index (χ0n) is 18.9. The Morgan fingerprint density at radius 2 is 1.69 bits per heavy atom. The van der Waals surface area contributed by atoms with Crippen molar-refractivity contribution in [2.45, 2.75) is 12.8 Å². The monoisotopic (exact) mass is 484 g/mol. The quantitative estimate of drug-likeness (QED) is 0.434. The van der Waals surface area contributed by atoms with Gasteiger partial charge in [-0.05, 0) is 23.8 Å². The van der Waals surface area contributed by atoms with Crippen LogP contribution in [0, 0.1) is 0 Å². The minimum absolute atomic E-state index is 0.0789. The van der Waals surface area contributed by atoms with Crippen LogP contribution in [0.2, 0.25) is 0 Å². The predicted octanol–water partition coefficient (Wildman–Crippen LogP) is 4.21. The molecule has 1 aliphatic heterocycles. The molecule has 0 atom stereocenters. The number of piperazine rings is 1. The van der Waals surface area contributed by atoms with Gasteiger partial charge in [0.1, 0.15) is 6.61 Å². The molecule has 0 aliphatic carbocycles. The van der Waals surface area contributed by atoms with E-state index in [9.17, 15) is 18.0 Å². The summed E-state index contributed by atoms with van der Waals surface area (Å²) in [4.78, 5) is 16.2. The molecule has 5 rings (SSSR count). The summed E-state index contributed by atoms with van der Waals surface area (Å²) in [6.07, 6.45) is 2.66. The van der Waals surface area contributed by atoms with Crippen LogP contribution in [0.15, 0.2) is 61.2 Å². The van der Waals surface area contributed by atoms with Gasteiger partial charge in [-0.25, -0.2) is 9.31 Å². The molecular formula is C24H23F3N6O2. The molecule has 1 saturated heterocycles. The second kappa shape index (κ2) is 8.97. The molecule has 4 aromatic rings. The molecule has 4 heterocycles. The topological polar surface area (TPSA) is 67.9 Å². The lowest BCUT2D eigenvalue weighted by atomic mass is 10.1. The smallest absolute Gasteiger partial charge is 0.416 e. The third-order valence-electron chi connectivity index (χ3n) is 6.06.